The summed E-state index contributed by atoms with van der Waals surface area (Å²) in [4.78, 5) is 46.8. The molecule has 1 aliphatic heterocycles. The number of hydrogen-bond acceptors (Lipinski definition) is 10. The SMILES string of the molecule is CCSC(=O)[C@H](C[C@@H]1CCNC1=O)NO[C@@H](CC(C)C)NO[C@H](NOOCc1ccccc1)C(C)C. The van der Waals surface area contributed by atoms with Crippen LogP contribution in [0.5, 0.6) is 0 Å². The van der Waals surface area contributed by atoms with Crippen molar-refractivity contribution in [2.45, 2.75) is 79.0 Å². The Labute approximate surface area is 218 Å². The summed E-state index contributed by atoms with van der Waals surface area (Å²) >= 11 is 1.22. The van der Waals surface area contributed by atoms with Gasteiger partial charge in [-0.1, -0.05) is 76.7 Å². The fourth-order valence-electron chi connectivity index (χ4n) is 3.50. The minimum absolute atomic E-state index is 0.0170. The van der Waals surface area contributed by atoms with Gasteiger partial charge in [-0.05, 0) is 42.4 Å². The van der Waals surface area contributed by atoms with Gasteiger partial charge in [0, 0.05) is 12.5 Å². The Morgan fingerprint density at radius 3 is 2.47 bits per heavy atom. The molecule has 1 saturated heterocycles. The van der Waals surface area contributed by atoms with E-state index in [0.29, 0.717) is 44.1 Å². The number of amides is 1. The second-order valence-electron chi connectivity index (χ2n) is 9.52. The van der Waals surface area contributed by atoms with Gasteiger partial charge in [-0.2, -0.15) is 11.0 Å². The topological polar surface area (TPSA) is 119 Å². The highest BCUT2D eigenvalue weighted by Gasteiger charge is 2.31. The molecule has 1 fully saturated rings. The Balaban J connectivity index is 1.87. The van der Waals surface area contributed by atoms with Gasteiger partial charge in [0.1, 0.15) is 12.6 Å². The Hall–Kier alpha value is -1.57. The molecule has 4 atom stereocenters. The molecule has 0 saturated carbocycles. The first-order chi connectivity index (χ1) is 17.3. The quantitative estimate of drug-likeness (QED) is 0.0982. The van der Waals surface area contributed by atoms with Gasteiger partial charge in [0.15, 0.2) is 12.5 Å². The molecule has 0 bridgehead atoms. The maximum atomic E-state index is 12.7. The molecule has 0 aromatic heterocycles. The molecule has 0 spiro atoms. The van der Waals surface area contributed by atoms with Crippen molar-refractivity contribution in [2.24, 2.45) is 17.8 Å². The Kier molecular flexibility index (Phi) is 14.5. The lowest BCUT2D eigenvalue weighted by atomic mass is 9.99. The Morgan fingerprint density at radius 1 is 1.11 bits per heavy atom. The van der Waals surface area contributed by atoms with Crippen LogP contribution in [0.25, 0.3) is 0 Å². The van der Waals surface area contributed by atoms with Crippen LogP contribution in [0.3, 0.4) is 0 Å². The minimum Gasteiger partial charge on any atom is -0.356 e. The molecule has 2 rings (SSSR count). The summed E-state index contributed by atoms with van der Waals surface area (Å²) in [6.45, 7) is 10.9. The van der Waals surface area contributed by atoms with Crippen molar-refractivity contribution in [3.8, 4) is 0 Å². The number of hydrogen-bond donors (Lipinski definition) is 4. The highest BCUT2D eigenvalue weighted by molar-refractivity contribution is 8.13. The fraction of sp³-hybridized carbons (Fsp3) is 0.680. The number of benzene rings is 1. The van der Waals surface area contributed by atoms with Crippen molar-refractivity contribution in [3.05, 3.63) is 35.9 Å². The first kappa shape index (κ1) is 30.7. The summed E-state index contributed by atoms with van der Waals surface area (Å²) in [5, 5.41) is 2.77. The van der Waals surface area contributed by atoms with Crippen molar-refractivity contribution >= 4 is 22.8 Å². The van der Waals surface area contributed by atoms with E-state index >= 15 is 0 Å². The fourth-order valence-corrected chi connectivity index (χ4v) is 4.13. The van der Waals surface area contributed by atoms with Crippen molar-refractivity contribution in [2.75, 3.05) is 12.3 Å². The third kappa shape index (κ3) is 11.7. The van der Waals surface area contributed by atoms with E-state index in [4.69, 9.17) is 19.6 Å². The molecule has 204 valence electrons. The van der Waals surface area contributed by atoms with Crippen LogP contribution in [0.2, 0.25) is 0 Å². The Bertz CT molecular complexity index is 770. The van der Waals surface area contributed by atoms with E-state index < -0.39 is 18.5 Å². The lowest BCUT2D eigenvalue weighted by Gasteiger charge is -2.28. The van der Waals surface area contributed by atoms with Crippen molar-refractivity contribution in [1.29, 1.82) is 0 Å². The van der Waals surface area contributed by atoms with Gasteiger partial charge in [0.2, 0.25) is 11.0 Å². The van der Waals surface area contributed by atoms with Crippen LogP contribution < -0.4 is 21.8 Å². The highest BCUT2D eigenvalue weighted by atomic mass is 32.2. The van der Waals surface area contributed by atoms with Crippen LogP contribution in [0, 0.1) is 17.8 Å². The predicted octanol–water partition coefficient (Wildman–Crippen LogP) is 3.21. The van der Waals surface area contributed by atoms with E-state index in [1.54, 1.807) is 0 Å². The number of carbonyl (C=O) groups is 2. The Morgan fingerprint density at radius 2 is 1.86 bits per heavy atom. The number of thioether (sulfide) groups is 1. The van der Waals surface area contributed by atoms with Crippen LogP contribution in [-0.2, 0) is 35.7 Å². The highest BCUT2D eigenvalue weighted by Crippen LogP contribution is 2.20. The first-order valence-electron chi connectivity index (χ1n) is 12.6. The van der Waals surface area contributed by atoms with Gasteiger partial charge < -0.3 is 5.32 Å². The predicted molar refractivity (Wildman–Crippen MR) is 138 cm³/mol. The molecule has 4 N–H and O–H groups in total. The normalized spacial score (nSPS) is 18.4. The summed E-state index contributed by atoms with van der Waals surface area (Å²) in [5.41, 5.74) is 9.60. The maximum absolute atomic E-state index is 12.7. The van der Waals surface area contributed by atoms with E-state index in [0.717, 1.165) is 5.56 Å². The number of nitrogens with one attached hydrogen (secondary N) is 4. The van der Waals surface area contributed by atoms with E-state index in [1.807, 2.05) is 51.1 Å². The largest absolute Gasteiger partial charge is 0.356 e. The average molecular weight is 527 g/mol. The summed E-state index contributed by atoms with van der Waals surface area (Å²) in [5.74, 6) is 0.767. The third-order valence-electron chi connectivity index (χ3n) is 5.52. The van der Waals surface area contributed by atoms with Crippen LogP contribution >= 0.6 is 11.8 Å². The number of carbonyl (C=O) groups excluding carboxylic acids is 2. The van der Waals surface area contributed by atoms with Crippen molar-refractivity contribution in [3.63, 3.8) is 0 Å². The molecule has 1 heterocycles. The molecule has 0 unspecified atom stereocenters. The van der Waals surface area contributed by atoms with Gasteiger partial charge in [0.05, 0.1) is 0 Å². The van der Waals surface area contributed by atoms with Crippen LogP contribution in [-0.4, -0.2) is 41.8 Å². The molecule has 10 nitrogen and oxygen atoms in total. The lowest BCUT2D eigenvalue weighted by molar-refractivity contribution is -0.372. The molecule has 36 heavy (non-hydrogen) atoms. The second-order valence-corrected chi connectivity index (χ2v) is 10.8. The smallest absolute Gasteiger partial charge is 0.223 e. The van der Waals surface area contributed by atoms with E-state index in [9.17, 15) is 9.59 Å². The molecule has 1 amide bonds. The van der Waals surface area contributed by atoms with E-state index in [1.165, 1.54) is 11.8 Å². The van der Waals surface area contributed by atoms with Crippen LogP contribution in [0.4, 0.5) is 0 Å². The minimum atomic E-state index is -0.603. The van der Waals surface area contributed by atoms with Gasteiger partial charge >= 0.3 is 0 Å². The third-order valence-corrected chi connectivity index (χ3v) is 6.37. The summed E-state index contributed by atoms with van der Waals surface area (Å²) in [7, 11) is 0. The molecule has 1 aromatic carbocycles. The summed E-state index contributed by atoms with van der Waals surface area (Å²) in [6, 6.07) is 9.08. The molecule has 1 aromatic rings. The molecule has 11 heteroatoms. The first-order valence-corrected chi connectivity index (χ1v) is 13.6. The monoisotopic (exact) mass is 526 g/mol. The standard InChI is InChI=1S/C25H42N4O6S/c1-6-36-25(31)21(15-20-12-13-26-23(20)30)27-33-22(14-17(2)3)28-34-24(18(4)5)29-35-32-16-19-10-8-7-9-11-19/h7-11,17-18,20-22,24,27-29H,6,12-16H2,1-5H3,(H,26,30)/t20-,21-,22-,24-/m0/s1. The van der Waals surface area contributed by atoms with Crippen LogP contribution in [0.1, 0.15) is 59.4 Å². The molecular formula is C25H42N4O6S. The second kappa shape index (κ2) is 17.0. The zero-order valence-electron chi connectivity index (χ0n) is 22.0. The van der Waals surface area contributed by atoms with E-state index in [2.05, 4.69) is 35.6 Å². The number of hydroxylamine groups is 3. The summed E-state index contributed by atoms with van der Waals surface area (Å²) < 4.78 is 0. The van der Waals surface area contributed by atoms with Gasteiger partial charge in [-0.25, -0.2) is 4.89 Å². The lowest BCUT2D eigenvalue weighted by Crippen LogP contribution is -2.48. The van der Waals surface area contributed by atoms with Crippen LogP contribution in [0.15, 0.2) is 30.3 Å². The van der Waals surface area contributed by atoms with Crippen molar-refractivity contribution < 1.29 is 29.1 Å². The number of rotatable bonds is 18. The van der Waals surface area contributed by atoms with Crippen molar-refractivity contribution in [1.82, 2.24) is 21.8 Å². The van der Waals surface area contributed by atoms with E-state index in [-0.39, 0.29) is 22.9 Å². The van der Waals surface area contributed by atoms with Gasteiger partial charge in [0.25, 0.3) is 0 Å². The summed E-state index contributed by atoms with van der Waals surface area (Å²) in [6.07, 6.45) is 0.642. The average Bonchev–Trinajstić information content (AvgIpc) is 3.25. The molecule has 0 radical (unpaired) electrons. The molecule has 0 aliphatic carbocycles. The molecule has 1 aliphatic rings. The van der Waals surface area contributed by atoms with Gasteiger partial charge in [-0.3, -0.25) is 19.3 Å². The zero-order valence-corrected chi connectivity index (χ0v) is 22.8. The molecular weight excluding hydrogens is 484 g/mol. The zero-order chi connectivity index (χ0) is 26.3. The maximum Gasteiger partial charge on any atom is 0.223 e. The van der Waals surface area contributed by atoms with Gasteiger partial charge in [-0.15, -0.1) is 10.5 Å².